The molecule has 0 bridgehead atoms. The Kier molecular flexibility index (Phi) is 3.09. The lowest BCUT2D eigenvalue weighted by molar-refractivity contribution is 0.0285. The van der Waals surface area contributed by atoms with Gasteiger partial charge in [0.15, 0.2) is 0 Å². The lowest BCUT2D eigenvalue weighted by atomic mass is 10.0. The molecule has 1 aromatic rings. The van der Waals surface area contributed by atoms with E-state index in [1.165, 1.54) is 12.2 Å². The molecule has 2 atom stereocenters. The minimum absolute atomic E-state index is 0.450. The molecular weight excluding hydrogens is 212 g/mol. The second-order valence-corrected chi connectivity index (χ2v) is 5.06. The Labute approximate surface area is 103 Å². The number of piperazine rings is 2. The molecule has 17 heavy (non-hydrogen) atoms. The number of hydrogen-bond acceptors (Lipinski definition) is 4. The summed E-state index contributed by atoms with van der Waals surface area (Å²) < 4.78 is 0. The molecule has 1 aromatic heterocycles. The topological polar surface area (TPSA) is 31.4 Å². The SMILES string of the molecule is CN1CC2CNCCN2CC1c1ccccn1. The van der Waals surface area contributed by atoms with Crippen molar-refractivity contribution in [1.82, 2.24) is 20.1 Å². The fourth-order valence-electron chi connectivity index (χ4n) is 2.94. The van der Waals surface area contributed by atoms with Crippen LogP contribution in [0.5, 0.6) is 0 Å². The van der Waals surface area contributed by atoms with E-state index >= 15 is 0 Å². The van der Waals surface area contributed by atoms with Crippen LogP contribution in [0.3, 0.4) is 0 Å². The number of pyridine rings is 1. The summed E-state index contributed by atoms with van der Waals surface area (Å²) in [5.41, 5.74) is 1.20. The number of hydrogen-bond donors (Lipinski definition) is 1. The highest BCUT2D eigenvalue weighted by molar-refractivity contribution is 5.11. The van der Waals surface area contributed by atoms with Crippen molar-refractivity contribution in [3.05, 3.63) is 30.1 Å². The monoisotopic (exact) mass is 232 g/mol. The summed E-state index contributed by atoms with van der Waals surface area (Å²) in [7, 11) is 2.21. The largest absolute Gasteiger partial charge is 0.314 e. The average molecular weight is 232 g/mol. The van der Waals surface area contributed by atoms with E-state index in [2.05, 4.69) is 39.3 Å². The molecule has 4 heteroatoms. The zero-order chi connectivity index (χ0) is 11.7. The predicted octanol–water partition coefficient (Wildman–Crippen LogP) is 0.342. The Morgan fingerprint density at radius 1 is 1.35 bits per heavy atom. The number of nitrogens with zero attached hydrogens (tertiary/aromatic N) is 3. The zero-order valence-corrected chi connectivity index (χ0v) is 10.3. The van der Waals surface area contributed by atoms with Gasteiger partial charge in [-0.25, -0.2) is 0 Å². The van der Waals surface area contributed by atoms with Gasteiger partial charge in [0, 0.05) is 45.0 Å². The predicted molar refractivity (Wildman–Crippen MR) is 67.8 cm³/mol. The highest BCUT2D eigenvalue weighted by Gasteiger charge is 2.34. The molecule has 0 radical (unpaired) electrons. The third-order valence-corrected chi connectivity index (χ3v) is 3.94. The molecule has 2 fully saturated rings. The first-order valence-electron chi connectivity index (χ1n) is 6.40. The Morgan fingerprint density at radius 3 is 3.12 bits per heavy atom. The summed E-state index contributed by atoms with van der Waals surface area (Å²) in [4.78, 5) is 9.55. The van der Waals surface area contributed by atoms with Gasteiger partial charge in [0.1, 0.15) is 0 Å². The van der Waals surface area contributed by atoms with Crippen LogP contribution in [0, 0.1) is 0 Å². The molecule has 0 aromatic carbocycles. The van der Waals surface area contributed by atoms with Crippen molar-refractivity contribution >= 4 is 0 Å². The van der Waals surface area contributed by atoms with E-state index in [1.54, 1.807) is 0 Å². The summed E-state index contributed by atoms with van der Waals surface area (Å²) in [5, 5.41) is 3.48. The van der Waals surface area contributed by atoms with Crippen molar-refractivity contribution in [3.63, 3.8) is 0 Å². The van der Waals surface area contributed by atoms with Crippen LogP contribution in [0.25, 0.3) is 0 Å². The molecule has 0 spiro atoms. The standard InChI is InChI=1S/C13H20N4/c1-16-9-11-8-14-6-7-17(11)10-13(16)12-4-2-3-5-15-12/h2-5,11,13-14H,6-10H2,1H3. The fraction of sp³-hybridized carbons (Fsp3) is 0.615. The van der Waals surface area contributed by atoms with Gasteiger partial charge in [0.2, 0.25) is 0 Å². The summed E-state index contributed by atoms with van der Waals surface area (Å²) in [6.07, 6.45) is 1.90. The second kappa shape index (κ2) is 4.72. The van der Waals surface area contributed by atoms with Gasteiger partial charge in [-0.2, -0.15) is 0 Å². The first-order valence-corrected chi connectivity index (χ1v) is 6.40. The van der Waals surface area contributed by atoms with Crippen LogP contribution in [0.4, 0.5) is 0 Å². The first kappa shape index (κ1) is 11.1. The maximum atomic E-state index is 4.51. The Hall–Kier alpha value is -0.970. The van der Waals surface area contributed by atoms with Gasteiger partial charge in [-0.15, -0.1) is 0 Å². The highest BCUT2D eigenvalue weighted by atomic mass is 15.3. The van der Waals surface area contributed by atoms with E-state index in [0.29, 0.717) is 12.1 Å². The molecular formula is C13H20N4. The summed E-state index contributed by atoms with van der Waals surface area (Å²) in [6.45, 7) is 5.66. The number of aromatic nitrogens is 1. The quantitative estimate of drug-likeness (QED) is 0.757. The zero-order valence-electron chi connectivity index (χ0n) is 10.3. The molecule has 4 nitrogen and oxygen atoms in total. The minimum Gasteiger partial charge on any atom is -0.314 e. The third kappa shape index (κ3) is 2.20. The number of fused-ring (bicyclic) bond motifs is 1. The Bertz CT molecular complexity index is 367. The van der Waals surface area contributed by atoms with Crippen molar-refractivity contribution in [3.8, 4) is 0 Å². The first-order chi connectivity index (χ1) is 8.34. The van der Waals surface area contributed by atoms with Gasteiger partial charge in [0.05, 0.1) is 11.7 Å². The molecule has 2 unspecified atom stereocenters. The van der Waals surface area contributed by atoms with Crippen LogP contribution in [0.15, 0.2) is 24.4 Å². The Morgan fingerprint density at radius 2 is 2.29 bits per heavy atom. The van der Waals surface area contributed by atoms with Crippen molar-refractivity contribution in [2.45, 2.75) is 12.1 Å². The van der Waals surface area contributed by atoms with Crippen LogP contribution in [-0.4, -0.2) is 60.6 Å². The van der Waals surface area contributed by atoms with E-state index < -0.39 is 0 Å². The van der Waals surface area contributed by atoms with Gasteiger partial charge in [0.25, 0.3) is 0 Å². The fourth-order valence-corrected chi connectivity index (χ4v) is 2.94. The van der Waals surface area contributed by atoms with Crippen molar-refractivity contribution in [2.24, 2.45) is 0 Å². The van der Waals surface area contributed by atoms with Crippen LogP contribution >= 0.6 is 0 Å². The van der Waals surface area contributed by atoms with E-state index in [0.717, 1.165) is 26.2 Å². The van der Waals surface area contributed by atoms with Crippen LogP contribution in [-0.2, 0) is 0 Å². The van der Waals surface area contributed by atoms with Crippen LogP contribution < -0.4 is 5.32 Å². The molecule has 1 N–H and O–H groups in total. The number of nitrogens with one attached hydrogen (secondary N) is 1. The van der Waals surface area contributed by atoms with E-state index in [1.807, 2.05) is 12.3 Å². The number of likely N-dealkylation sites (N-methyl/N-ethyl adjacent to an activating group) is 1. The van der Waals surface area contributed by atoms with Gasteiger partial charge in [-0.3, -0.25) is 14.8 Å². The normalized spacial score (nSPS) is 31.1. The lowest BCUT2D eigenvalue weighted by Crippen LogP contribution is -2.61. The molecule has 3 heterocycles. The highest BCUT2D eigenvalue weighted by Crippen LogP contribution is 2.25. The average Bonchev–Trinajstić information content (AvgIpc) is 2.39. The molecule has 2 saturated heterocycles. The minimum atomic E-state index is 0.450. The smallest absolute Gasteiger partial charge is 0.0647 e. The molecule has 3 rings (SSSR count). The maximum Gasteiger partial charge on any atom is 0.0647 e. The van der Waals surface area contributed by atoms with Gasteiger partial charge < -0.3 is 5.32 Å². The van der Waals surface area contributed by atoms with Crippen molar-refractivity contribution in [2.75, 3.05) is 39.8 Å². The molecule has 0 amide bonds. The second-order valence-electron chi connectivity index (χ2n) is 5.06. The van der Waals surface area contributed by atoms with Gasteiger partial charge in [-0.1, -0.05) is 6.07 Å². The molecule has 92 valence electrons. The van der Waals surface area contributed by atoms with Crippen molar-refractivity contribution in [1.29, 1.82) is 0 Å². The van der Waals surface area contributed by atoms with Crippen LogP contribution in [0.1, 0.15) is 11.7 Å². The molecule has 0 aliphatic carbocycles. The van der Waals surface area contributed by atoms with Crippen LogP contribution in [0.2, 0.25) is 0 Å². The molecule has 2 aliphatic rings. The third-order valence-electron chi connectivity index (χ3n) is 3.94. The van der Waals surface area contributed by atoms with E-state index in [4.69, 9.17) is 0 Å². The summed E-state index contributed by atoms with van der Waals surface area (Å²) >= 11 is 0. The summed E-state index contributed by atoms with van der Waals surface area (Å²) in [5.74, 6) is 0. The van der Waals surface area contributed by atoms with Gasteiger partial charge in [-0.05, 0) is 19.2 Å². The number of rotatable bonds is 1. The molecule has 2 aliphatic heterocycles. The summed E-state index contributed by atoms with van der Waals surface area (Å²) in [6, 6.07) is 7.34. The maximum absolute atomic E-state index is 4.51. The van der Waals surface area contributed by atoms with Gasteiger partial charge >= 0.3 is 0 Å². The van der Waals surface area contributed by atoms with E-state index in [9.17, 15) is 0 Å². The van der Waals surface area contributed by atoms with Crippen molar-refractivity contribution < 1.29 is 0 Å². The van der Waals surface area contributed by atoms with E-state index in [-0.39, 0.29) is 0 Å². The lowest BCUT2D eigenvalue weighted by Gasteiger charge is -2.47. The Balaban J connectivity index is 1.78. The molecule has 0 saturated carbocycles.